The number of aliphatic hydroxyl groups excluding tert-OH is 1. The lowest BCUT2D eigenvalue weighted by Gasteiger charge is -2.25. The van der Waals surface area contributed by atoms with E-state index in [1.807, 2.05) is 78.3 Å². The van der Waals surface area contributed by atoms with Crippen molar-refractivity contribution in [2.75, 3.05) is 26.9 Å². The minimum Gasteiger partial charge on any atom is -0.497 e. The van der Waals surface area contributed by atoms with Crippen molar-refractivity contribution < 1.29 is 23.7 Å². The monoisotopic (exact) mass is 519 g/mol. The molecule has 0 unspecified atom stereocenters. The average molecular weight is 520 g/mol. The lowest BCUT2D eigenvalue weighted by Crippen LogP contribution is -2.34. The highest BCUT2D eigenvalue weighted by atomic mass is 16.5. The zero-order valence-corrected chi connectivity index (χ0v) is 22.5. The third kappa shape index (κ3) is 7.47. The van der Waals surface area contributed by atoms with Gasteiger partial charge < -0.3 is 23.7 Å². The molecule has 0 aliphatic heterocycles. The van der Waals surface area contributed by atoms with Gasteiger partial charge in [-0.3, -0.25) is 4.90 Å². The highest BCUT2D eigenvalue weighted by Gasteiger charge is 2.23. The molecule has 0 saturated carbocycles. The van der Waals surface area contributed by atoms with Crippen LogP contribution in [0.1, 0.15) is 30.9 Å². The van der Waals surface area contributed by atoms with Crippen LogP contribution < -0.4 is 9.47 Å². The number of hydrogen-bond donors (Lipinski definition) is 1. The van der Waals surface area contributed by atoms with Gasteiger partial charge in [0.2, 0.25) is 5.88 Å². The number of aliphatic hydroxyl groups is 1. The summed E-state index contributed by atoms with van der Waals surface area (Å²) in [6.07, 6.45) is 1.01. The van der Waals surface area contributed by atoms with Crippen LogP contribution in [-0.4, -0.2) is 52.8 Å². The van der Waals surface area contributed by atoms with Crippen molar-refractivity contribution in [2.45, 2.75) is 40.0 Å². The Labute approximate surface area is 224 Å². The Morgan fingerprint density at radius 3 is 2.34 bits per heavy atom. The number of rotatable bonds is 14. The highest BCUT2D eigenvalue weighted by Crippen LogP contribution is 2.32. The second kappa shape index (κ2) is 13.3. The molecule has 0 bridgehead atoms. The molecular weight excluding hydrogens is 482 g/mol. The molecule has 0 fully saturated rings. The van der Waals surface area contributed by atoms with Crippen LogP contribution in [-0.2, 0) is 17.8 Å². The van der Waals surface area contributed by atoms with Crippen molar-refractivity contribution in [2.24, 2.45) is 5.92 Å². The molecule has 202 valence electrons. The van der Waals surface area contributed by atoms with Gasteiger partial charge in [0, 0.05) is 19.7 Å². The van der Waals surface area contributed by atoms with Crippen molar-refractivity contribution in [3.05, 3.63) is 90.0 Å². The van der Waals surface area contributed by atoms with Crippen molar-refractivity contribution in [3.63, 3.8) is 0 Å². The van der Waals surface area contributed by atoms with Crippen LogP contribution in [0.4, 0.5) is 0 Å². The van der Waals surface area contributed by atoms with Gasteiger partial charge in [-0.15, -0.1) is 0 Å². The summed E-state index contributed by atoms with van der Waals surface area (Å²) in [5.41, 5.74) is 2.66. The van der Waals surface area contributed by atoms with E-state index in [9.17, 15) is 5.11 Å². The molecule has 38 heavy (non-hydrogen) atoms. The van der Waals surface area contributed by atoms with E-state index in [1.54, 1.807) is 13.4 Å². The Bertz CT molecular complexity index is 1240. The van der Waals surface area contributed by atoms with Crippen LogP contribution in [0.5, 0.6) is 17.4 Å². The predicted octanol–water partition coefficient (Wildman–Crippen LogP) is 5.61. The van der Waals surface area contributed by atoms with Crippen molar-refractivity contribution in [1.29, 1.82) is 0 Å². The number of furan rings is 1. The van der Waals surface area contributed by atoms with E-state index >= 15 is 0 Å². The first-order chi connectivity index (χ1) is 18.4. The van der Waals surface area contributed by atoms with Crippen molar-refractivity contribution in [1.82, 2.24) is 14.7 Å². The first kappa shape index (κ1) is 27.4. The molecule has 4 rings (SSSR count). The fraction of sp³-hybridized carbons (Fsp3) is 0.367. The summed E-state index contributed by atoms with van der Waals surface area (Å²) >= 11 is 0. The topological polar surface area (TPSA) is 82.1 Å². The second-order valence-electron chi connectivity index (χ2n) is 9.73. The molecule has 8 heteroatoms. The van der Waals surface area contributed by atoms with Crippen molar-refractivity contribution in [3.8, 4) is 23.1 Å². The molecule has 0 radical (unpaired) electrons. The first-order valence-corrected chi connectivity index (χ1v) is 12.9. The Morgan fingerprint density at radius 1 is 0.947 bits per heavy atom. The maximum Gasteiger partial charge on any atom is 0.227 e. The lowest BCUT2D eigenvalue weighted by atomic mass is 10.2. The smallest absolute Gasteiger partial charge is 0.227 e. The van der Waals surface area contributed by atoms with Crippen LogP contribution >= 0.6 is 0 Å². The largest absolute Gasteiger partial charge is 0.497 e. The summed E-state index contributed by atoms with van der Waals surface area (Å²) in [6.45, 7) is 8.44. The van der Waals surface area contributed by atoms with Gasteiger partial charge in [0.15, 0.2) is 0 Å². The Balaban J connectivity index is 1.64. The third-order valence-electron chi connectivity index (χ3n) is 5.98. The molecule has 0 aliphatic carbocycles. The summed E-state index contributed by atoms with van der Waals surface area (Å²) in [6, 6.07) is 21.2. The van der Waals surface area contributed by atoms with Gasteiger partial charge in [-0.1, -0.05) is 32.0 Å². The number of aromatic nitrogens is 2. The molecule has 0 aliphatic rings. The number of para-hydroxylation sites is 1. The average Bonchev–Trinajstić information content (AvgIpc) is 3.53. The Hall–Kier alpha value is -3.59. The van der Waals surface area contributed by atoms with Crippen LogP contribution in [0.2, 0.25) is 0 Å². The number of nitrogens with zero attached hydrogens (tertiary/aromatic N) is 3. The van der Waals surface area contributed by atoms with Gasteiger partial charge in [-0.05, 0) is 61.4 Å². The predicted molar refractivity (Wildman–Crippen MR) is 146 cm³/mol. The fourth-order valence-electron chi connectivity index (χ4n) is 4.15. The Morgan fingerprint density at radius 2 is 1.68 bits per heavy atom. The molecule has 1 atom stereocenters. The summed E-state index contributed by atoms with van der Waals surface area (Å²) < 4.78 is 24.9. The van der Waals surface area contributed by atoms with Crippen LogP contribution in [0, 0.1) is 12.8 Å². The van der Waals surface area contributed by atoms with Gasteiger partial charge in [-0.2, -0.15) is 5.10 Å². The molecule has 8 nitrogen and oxygen atoms in total. The molecule has 0 spiro atoms. The summed E-state index contributed by atoms with van der Waals surface area (Å²) in [5.74, 6) is 3.26. The van der Waals surface area contributed by atoms with E-state index in [0.29, 0.717) is 43.8 Å². The Kier molecular flexibility index (Phi) is 9.59. The van der Waals surface area contributed by atoms with E-state index < -0.39 is 6.10 Å². The quantitative estimate of drug-likeness (QED) is 0.232. The first-order valence-electron chi connectivity index (χ1n) is 12.9. The third-order valence-corrected chi connectivity index (χ3v) is 5.98. The number of aryl methyl sites for hydroxylation is 1. The van der Waals surface area contributed by atoms with E-state index in [4.69, 9.17) is 23.7 Å². The number of methoxy groups -OCH3 is 1. The van der Waals surface area contributed by atoms with E-state index in [1.165, 1.54) is 0 Å². The molecule has 2 aromatic heterocycles. The maximum atomic E-state index is 10.8. The lowest BCUT2D eigenvalue weighted by molar-refractivity contribution is 0.00448. The fourth-order valence-corrected chi connectivity index (χ4v) is 4.15. The van der Waals surface area contributed by atoms with E-state index in [0.717, 1.165) is 28.5 Å². The zero-order valence-electron chi connectivity index (χ0n) is 22.5. The number of benzene rings is 2. The van der Waals surface area contributed by atoms with Crippen molar-refractivity contribution >= 4 is 0 Å². The normalized spacial score (nSPS) is 12.3. The minimum absolute atomic E-state index is 0.268. The highest BCUT2D eigenvalue weighted by molar-refractivity contribution is 5.44. The number of hydrogen-bond acceptors (Lipinski definition) is 7. The summed E-state index contributed by atoms with van der Waals surface area (Å²) in [4.78, 5) is 2.13. The van der Waals surface area contributed by atoms with E-state index in [-0.39, 0.29) is 6.61 Å². The van der Waals surface area contributed by atoms with Gasteiger partial charge in [0.1, 0.15) is 17.3 Å². The van der Waals surface area contributed by atoms with Crippen LogP contribution in [0.15, 0.2) is 77.4 Å². The molecule has 0 amide bonds. The standard InChI is InChI=1S/C30H37N3O5/c1-22(2)20-36-21-25(34)17-32(18-28-11-8-16-37-28)19-29-23(3)31-33(24-9-6-5-7-10-24)30(29)38-27-14-12-26(35-4)13-15-27/h5-16,22,25,34H,17-21H2,1-4H3/t25-/m0/s1. The van der Waals surface area contributed by atoms with Gasteiger partial charge in [0.05, 0.1) is 49.6 Å². The molecule has 2 aromatic carbocycles. The molecule has 4 aromatic rings. The molecular formula is C30H37N3O5. The molecule has 0 saturated heterocycles. The zero-order chi connectivity index (χ0) is 26.9. The minimum atomic E-state index is -0.654. The summed E-state index contributed by atoms with van der Waals surface area (Å²) in [5, 5.41) is 15.6. The van der Waals surface area contributed by atoms with Gasteiger partial charge >= 0.3 is 0 Å². The van der Waals surface area contributed by atoms with Crippen LogP contribution in [0.3, 0.4) is 0 Å². The SMILES string of the molecule is COc1ccc(Oc2c(CN(Cc3ccco3)C[C@H](O)COCC(C)C)c(C)nn2-c2ccccc2)cc1. The van der Waals surface area contributed by atoms with Crippen LogP contribution in [0.25, 0.3) is 5.69 Å². The van der Waals surface area contributed by atoms with Gasteiger partial charge in [0.25, 0.3) is 0 Å². The van der Waals surface area contributed by atoms with Gasteiger partial charge in [-0.25, -0.2) is 4.68 Å². The van der Waals surface area contributed by atoms with E-state index in [2.05, 4.69) is 18.7 Å². The maximum absolute atomic E-state index is 10.8. The molecule has 1 N–H and O–H groups in total. The summed E-state index contributed by atoms with van der Waals surface area (Å²) in [7, 11) is 1.64. The molecule has 2 heterocycles. The second-order valence-corrected chi connectivity index (χ2v) is 9.73. The number of ether oxygens (including phenoxy) is 3.